The van der Waals surface area contributed by atoms with Crippen LogP contribution < -0.4 is 5.73 Å². The van der Waals surface area contributed by atoms with Gasteiger partial charge in [-0.1, -0.05) is 17.7 Å². The summed E-state index contributed by atoms with van der Waals surface area (Å²) in [5.74, 6) is 1.19. The molecule has 1 atom stereocenters. The van der Waals surface area contributed by atoms with Gasteiger partial charge in [-0.2, -0.15) is 0 Å². The van der Waals surface area contributed by atoms with Crippen molar-refractivity contribution in [2.45, 2.75) is 13.0 Å². The van der Waals surface area contributed by atoms with Gasteiger partial charge in [0, 0.05) is 34.9 Å². The van der Waals surface area contributed by atoms with Gasteiger partial charge in [-0.3, -0.25) is 4.21 Å². The first-order chi connectivity index (χ1) is 9.09. The van der Waals surface area contributed by atoms with E-state index in [1.54, 1.807) is 23.1 Å². The van der Waals surface area contributed by atoms with Crippen molar-refractivity contribution < 1.29 is 4.21 Å². The Hall–Kier alpha value is -1.47. The highest BCUT2D eigenvalue weighted by Crippen LogP contribution is 2.29. The zero-order valence-electron chi connectivity index (χ0n) is 10.4. The summed E-state index contributed by atoms with van der Waals surface area (Å²) in [5.41, 5.74) is 7.09. The summed E-state index contributed by atoms with van der Waals surface area (Å²) in [6.45, 7) is 0.591. The maximum atomic E-state index is 11.0. The maximum Gasteiger partial charge on any atom is 0.184 e. The van der Waals surface area contributed by atoms with E-state index in [4.69, 9.17) is 17.3 Å². The Bertz CT molecular complexity index is 601. The summed E-state index contributed by atoms with van der Waals surface area (Å²) in [6.07, 6.45) is 2.41. The van der Waals surface area contributed by atoms with E-state index in [9.17, 15) is 4.21 Å². The molecule has 0 aliphatic carbocycles. The van der Waals surface area contributed by atoms with Gasteiger partial charge in [0.05, 0.1) is 10.7 Å². The Morgan fingerprint density at radius 3 is 3.00 bits per heavy atom. The monoisotopic (exact) mass is 299 g/mol. The molecule has 0 aliphatic rings. The molecule has 19 heavy (non-hydrogen) atoms. The summed E-state index contributed by atoms with van der Waals surface area (Å²) < 4.78 is 12.7. The highest BCUT2D eigenvalue weighted by molar-refractivity contribution is 7.84. The fourth-order valence-electron chi connectivity index (χ4n) is 1.70. The molecule has 0 saturated heterocycles. The molecular formula is C11H14ClN5OS. The van der Waals surface area contributed by atoms with Crippen LogP contribution in [0.5, 0.6) is 0 Å². The van der Waals surface area contributed by atoms with Gasteiger partial charge in [-0.05, 0) is 29.0 Å². The van der Waals surface area contributed by atoms with Gasteiger partial charge in [-0.15, -0.1) is 5.10 Å². The molecule has 0 spiro atoms. The van der Waals surface area contributed by atoms with E-state index in [0.717, 1.165) is 6.42 Å². The smallest absolute Gasteiger partial charge is 0.184 e. The molecule has 0 fully saturated rings. The minimum absolute atomic E-state index is 0.458. The first kappa shape index (κ1) is 14.0. The Morgan fingerprint density at radius 1 is 1.47 bits per heavy atom. The normalized spacial score (nSPS) is 12.5. The molecule has 0 saturated carbocycles. The minimum Gasteiger partial charge on any atom is -0.397 e. The number of nitrogens with zero attached hydrogens (tertiary/aromatic N) is 4. The number of nitrogens with two attached hydrogens (primary N) is 1. The molecule has 1 aromatic heterocycles. The van der Waals surface area contributed by atoms with Crippen LogP contribution in [0.25, 0.3) is 11.4 Å². The number of halogens is 1. The molecule has 2 N–H and O–H groups in total. The number of tetrazole rings is 1. The Morgan fingerprint density at radius 2 is 2.26 bits per heavy atom. The van der Waals surface area contributed by atoms with Crippen molar-refractivity contribution in [3.8, 4) is 11.4 Å². The maximum absolute atomic E-state index is 11.0. The lowest BCUT2D eigenvalue weighted by atomic mass is 10.1. The number of aromatic nitrogens is 4. The van der Waals surface area contributed by atoms with Gasteiger partial charge < -0.3 is 5.73 Å². The molecule has 1 heterocycles. The van der Waals surface area contributed by atoms with Crippen LogP contribution in [0.1, 0.15) is 6.42 Å². The van der Waals surface area contributed by atoms with Crippen LogP contribution in [0, 0.1) is 0 Å². The number of hydrogen-bond donors (Lipinski definition) is 1. The van der Waals surface area contributed by atoms with Gasteiger partial charge in [0.25, 0.3) is 0 Å². The number of para-hydroxylation sites is 1. The van der Waals surface area contributed by atoms with Crippen LogP contribution in [0.2, 0.25) is 5.02 Å². The van der Waals surface area contributed by atoms with E-state index in [1.807, 2.05) is 6.07 Å². The molecule has 0 bridgehead atoms. The van der Waals surface area contributed by atoms with Gasteiger partial charge in [0.2, 0.25) is 0 Å². The van der Waals surface area contributed by atoms with Crippen molar-refractivity contribution >= 4 is 28.1 Å². The summed E-state index contributed by atoms with van der Waals surface area (Å²) in [7, 11) is -0.814. The molecule has 1 aromatic carbocycles. The Labute approximate surface area is 118 Å². The highest BCUT2D eigenvalue weighted by Gasteiger charge is 2.13. The summed E-state index contributed by atoms with van der Waals surface area (Å²) in [5, 5.41) is 12.0. The molecule has 0 amide bonds. The van der Waals surface area contributed by atoms with Gasteiger partial charge in [0.15, 0.2) is 5.82 Å². The van der Waals surface area contributed by atoms with Crippen LogP contribution in [0.4, 0.5) is 5.69 Å². The van der Waals surface area contributed by atoms with Crippen molar-refractivity contribution in [1.82, 2.24) is 20.2 Å². The van der Waals surface area contributed by atoms with E-state index >= 15 is 0 Å². The molecule has 1 unspecified atom stereocenters. The van der Waals surface area contributed by atoms with E-state index < -0.39 is 10.8 Å². The SMILES string of the molecule is CS(=O)CCCn1nnnc1-c1cccc(Cl)c1N. The van der Waals surface area contributed by atoms with Crippen molar-refractivity contribution in [1.29, 1.82) is 0 Å². The third-order valence-electron chi connectivity index (χ3n) is 2.63. The fraction of sp³-hybridized carbons (Fsp3) is 0.364. The van der Waals surface area contributed by atoms with Gasteiger partial charge >= 0.3 is 0 Å². The lowest BCUT2D eigenvalue weighted by molar-refractivity contribution is 0.583. The van der Waals surface area contributed by atoms with Crippen LogP contribution in [0.3, 0.4) is 0 Å². The van der Waals surface area contributed by atoms with Crippen molar-refractivity contribution in [3.05, 3.63) is 23.2 Å². The molecule has 0 aliphatic heterocycles. The molecule has 2 aromatic rings. The Kier molecular flexibility index (Phi) is 4.49. The largest absolute Gasteiger partial charge is 0.397 e. The van der Waals surface area contributed by atoms with E-state index in [-0.39, 0.29) is 0 Å². The number of aryl methyl sites for hydroxylation is 1. The molecular weight excluding hydrogens is 286 g/mol. The minimum atomic E-state index is -0.814. The van der Waals surface area contributed by atoms with Gasteiger partial charge in [-0.25, -0.2) is 4.68 Å². The van der Waals surface area contributed by atoms with Crippen LogP contribution in [-0.4, -0.2) is 36.4 Å². The number of hydrogen-bond acceptors (Lipinski definition) is 5. The average molecular weight is 300 g/mol. The topological polar surface area (TPSA) is 86.7 Å². The van der Waals surface area contributed by atoms with Crippen LogP contribution in [-0.2, 0) is 17.3 Å². The van der Waals surface area contributed by atoms with Gasteiger partial charge in [0.1, 0.15) is 0 Å². The first-order valence-corrected chi connectivity index (χ1v) is 7.80. The number of benzene rings is 1. The lowest BCUT2D eigenvalue weighted by Gasteiger charge is -2.07. The Balaban J connectivity index is 2.24. The van der Waals surface area contributed by atoms with E-state index in [1.165, 1.54) is 0 Å². The predicted octanol–water partition coefficient (Wildman–Crippen LogP) is 1.34. The second-order valence-electron chi connectivity index (χ2n) is 4.06. The second-order valence-corrected chi connectivity index (χ2v) is 6.02. The molecule has 0 radical (unpaired) electrons. The molecule has 2 rings (SSSR count). The van der Waals surface area contributed by atoms with Crippen molar-refractivity contribution in [2.24, 2.45) is 0 Å². The molecule has 102 valence electrons. The third-order valence-corrected chi connectivity index (χ3v) is 3.82. The fourth-order valence-corrected chi connectivity index (χ4v) is 2.41. The van der Waals surface area contributed by atoms with Crippen LogP contribution >= 0.6 is 11.6 Å². The summed E-state index contributed by atoms with van der Waals surface area (Å²) in [6, 6.07) is 5.34. The molecule has 8 heteroatoms. The third kappa shape index (κ3) is 3.30. The highest BCUT2D eigenvalue weighted by atomic mass is 35.5. The number of anilines is 1. The summed E-state index contributed by atoms with van der Waals surface area (Å²) >= 11 is 5.99. The quantitative estimate of drug-likeness (QED) is 0.842. The van der Waals surface area contributed by atoms with E-state index in [0.29, 0.717) is 34.4 Å². The second kappa shape index (κ2) is 6.12. The van der Waals surface area contributed by atoms with E-state index in [2.05, 4.69) is 15.5 Å². The zero-order valence-corrected chi connectivity index (χ0v) is 12.0. The molecule has 6 nitrogen and oxygen atoms in total. The predicted molar refractivity (Wildman–Crippen MR) is 76.2 cm³/mol. The van der Waals surface area contributed by atoms with Crippen molar-refractivity contribution in [2.75, 3.05) is 17.7 Å². The van der Waals surface area contributed by atoms with Crippen molar-refractivity contribution in [3.63, 3.8) is 0 Å². The average Bonchev–Trinajstić information content (AvgIpc) is 2.80. The standard InChI is InChI=1S/C11H14ClN5OS/c1-19(18)7-3-6-17-11(14-15-16-17)8-4-2-5-9(12)10(8)13/h2,4-5H,3,6-7,13H2,1H3. The summed E-state index contributed by atoms with van der Waals surface area (Å²) in [4.78, 5) is 0. The number of rotatable bonds is 5. The van der Waals surface area contributed by atoms with Crippen LogP contribution in [0.15, 0.2) is 18.2 Å². The first-order valence-electron chi connectivity index (χ1n) is 5.70. The zero-order chi connectivity index (χ0) is 13.8. The number of nitrogen functional groups attached to an aromatic ring is 1. The lowest BCUT2D eigenvalue weighted by Crippen LogP contribution is -2.07.